The van der Waals surface area contributed by atoms with E-state index in [0.29, 0.717) is 18.9 Å². The number of benzene rings is 1. The number of hydrogen-bond acceptors (Lipinski definition) is 4. The van der Waals surface area contributed by atoms with Gasteiger partial charge < -0.3 is 19.4 Å². The molecule has 0 atom stereocenters. The Morgan fingerprint density at radius 1 is 1.26 bits per heavy atom. The summed E-state index contributed by atoms with van der Waals surface area (Å²) in [7, 11) is 3.99. The third-order valence-electron chi connectivity index (χ3n) is 3.23. The molecule has 0 radical (unpaired) electrons. The minimum absolute atomic E-state index is 0.246. The summed E-state index contributed by atoms with van der Waals surface area (Å²) in [5, 5.41) is 2.83. The summed E-state index contributed by atoms with van der Waals surface area (Å²) in [4.78, 5) is 14.1. The number of nitrogens with one attached hydrogen (secondary N) is 1. The van der Waals surface area contributed by atoms with Crippen LogP contribution in [-0.4, -0.2) is 38.1 Å². The molecule has 1 aromatic heterocycles. The lowest BCUT2D eigenvalue weighted by molar-refractivity contribution is 0.0921. The highest BCUT2D eigenvalue weighted by Gasteiger charge is 2.12. The van der Waals surface area contributed by atoms with Crippen LogP contribution in [0.1, 0.15) is 21.9 Å². The lowest BCUT2D eigenvalue weighted by Crippen LogP contribution is -2.23. The van der Waals surface area contributed by atoms with E-state index < -0.39 is 0 Å². The lowest BCUT2D eigenvalue weighted by atomic mass is 10.2. The topological polar surface area (TPSA) is 54.7 Å². The fraction of sp³-hybridized carbons (Fsp3) is 0.353. The molecule has 6 heteroatoms. The van der Waals surface area contributed by atoms with Crippen LogP contribution in [0.5, 0.6) is 5.75 Å². The van der Waals surface area contributed by atoms with Gasteiger partial charge in [0, 0.05) is 18.7 Å². The Morgan fingerprint density at radius 2 is 2.04 bits per heavy atom. The molecule has 0 bridgehead atoms. The van der Waals surface area contributed by atoms with Crippen molar-refractivity contribution in [3.63, 3.8) is 0 Å². The summed E-state index contributed by atoms with van der Waals surface area (Å²) in [6, 6.07) is 11.0. The van der Waals surface area contributed by atoms with Gasteiger partial charge >= 0.3 is 0 Å². The molecule has 0 aliphatic carbocycles. The summed E-state index contributed by atoms with van der Waals surface area (Å²) in [5.41, 5.74) is 0.920. The number of alkyl halides is 1. The summed E-state index contributed by atoms with van der Waals surface area (Å²) in [5.74, 6) is 1.58. The summed E-state index contributed by atoms with van der Waals surface area (Å²) >= 11 is 5.66. The number of furan rings is 1. The summed E-state index contributed by atoms with van der Waals surface area (Å²) in [6.07, 6.45) is 0. The Kier molecular flexibility index (Phi) is 6.50. The molecule has 0 spiro atoms. The zero-order chi connectivity index (χ0) is 16.7. The van der Waals surface area contributed by atoms with Crippen molar-refractivity contribution in [1.29, 1.82) is 0 Å². The fourth-order valence-corrected chi connectivity index (χ4v) is 2.11. The molecule has 0 unspecified atom stereocenters. The van der Waals surface area contributed by atoms with Crippen molar-refractivity contribution in [3.8, 4) is 5.75 Å². The quantitative estimate of drug-likeness (QED) is 0.753. The molecule has 2 rings (SSSR count). The van der Waals surface area contributed by atoms with Gasteiger partial charge in [-0.25, -0.2) is 0 Å². The Labute approximate surface area is 141 Å². The second-order valence-corrected chi connectivity index (χ2v) is 5.61. The van der Waals surface area contributed by atoms with Crippen molar-refractivity contribution < 1.29 is 13.9 Å². The van der Waals surface area contributed by atoms with Gasteiger partial charge in [-0.2, -0.15) is 0 Å². The van der Waals surface area contributed by atoms with Gasteiger partial charge in [0.05, 0.1) is 5.88 Å². The fourth-order valence-electron chi connectivity index (χ4n) is 1.96. The molecule has 0 saturated heterocycles. The molecule has 1 heterocycles. The van der Waals surface area contributed by atoms with Crippen LogP contribution < -0.4 is 10.1 Å². The highest BCUT2D eigenvalue weighted by atomic mass is 35.5. The number of carbonyl (C=O) groups is 1. The van der Waals surface area contributed by atoms with E-state index in [-0.39, 0.29) is 17.5 Å². The maximum atomic E-state index is 12.1. The van der Waals surface area contributed by atoms with Gasteiger partial charge in [-0.1, -0.05) is 18.2 Å². The van der Waals surface area contributed by atoms with Crippen molar-refractivity contribution in [2.24, 2.45) is 0 Å². The number of likely N-dealkylation sites (N-methyl/N-ethyl adjacent to an activating group) is 1. The first kappa shape index (κ1) is 17.4. The van der Waals surface area contributed by atoms with Crippen LogP contribution in [0.4, 0.5) is 0 Å². The van der Waals surface area contributed by atoms with Crippen LogP contribution in [0, 0.1) is 0 Å². The maximum absolute atomic E-state index is 12.1. The second-order valence-electron chi connectivity index (χ2n) is 5.34. The third-order valence-corrected chi connectivity index (χ3v) is 3.49. The van der Waals surface area contributed by atoms with Crippen LogP contribution in [0.3, 0.4) is 0 Å². The number of hydrogen-bond donors (Lipinski definition) is 1. The molecular formula is C17H21ClN2O3. The summed E-state index contributed by atoms with van der Waals surface area (Å²) in [6.45, 7) is 1.79. The van der Waals surface area contributed by atoms with E-state index in [1.165, 1.54) is 0 Å². The number of amides is 1. The van der Waals surface area contributed by atoms with E-state index in [4.69, 9.17) is 20.8 Å². The predicted octanol–water partition coefficient (Wildman–Crippen LogP) is 2.89. The van der Waals surface area contributed by atoms with Crippen molar-refractivity contribution >= 4 is 17.5 Å². The molecule has 1 N–H and O–H groups in total. The predicted molar refractivity (Wildman–Crippen MR) is 89.9 cm³/mol. The van der Waals surface area contributed by atoms with E-state index in [1.807, 2.05) is 38.4 Å². The van der Waals surface area contributed by atoms with Crippen LogP contribution in [0.25, 0.3) is 0 Å². The molecular weight excluding hydrogens is 316 g/mol. The normalized spacial score (nSPS) is 10.8. The van der Waals surface area contributed by atoms with Crippen molar-refractivity contribution in [2.75, 3.05) is 27.2 Å². The molecule has 0 aliphatic rings. The van der Waals surface area contributed by atoms with Gasteiger partial charge in [0.25, 0.3) is 5.91 Å². The number of rotatable bonds is 8. The third kappa shape index (κ3) is 5.30. The van der Waals surface area contributed by atoms with Gasteiger partial charge in [0.1, 0.15) is 18.1 Å². The molecule has 5 nitrogen and oxygen atoms in total. The first-order valence-corrected chi connectivity index (χ1v) is 7.92. The molecule has 1 aromatic carbocycles. The van der Waals surface area contributed by atoms with Gasteiger partial charge in [0.2, 0.25) is 0 Å². The molecule has 0 fully saturated rings. The van der Waals surface area contributed by atoms with Gasteiger partial charge in [-0.3, -0.25) is 4.79 Å². The average Bonchev–Trinajstić information content (AvgIpc) is 3.02. The van der Waals surface area contributed by atoms with Gasteiger partial charge in [-0.15, -0.1) is 11.6 Å². The van der Waals surface area contributed by atoms with E-state index in [9.17, 15) is 4.79 Å². The van der Waals surface area contributed by atoms with Gasteiger partial charge in [0.15, 0.2) is 5.76 Å². The number of nitrogens with zero attached hydrogens (tertiary/aromatic N) is 1. The zero-order valence-electron chi connectivity index (χ0n) is 13.3. The standard InChI is InChI=1S/C17H21ClN2O3/c1-20(2)9-10-22-15-6-4-3-5-13(15)12-19-17(21)16-8-7-14(11-18)23-16/h3-8H,9-12H2,1-2H3,(H,19,21). The SMILES string of the molecule is CN(C)CCOc1ccccc1CNC(=O)c1ccc(CCl)o1. The van der Waals surface area contributed by atoms with E-state index >= 15 is 0 Å². The Bertz CT molecular complexity index is 640. The number of halogens is 1. The van der Waals surface area contributed by atoms with Crippen LogP contribution >= 0.6 is 11.6 Å². The molecule has 0 saturated carbocycles. The number of ether oxygens (including phenoxy) is 1. The lowest BCUT2D eigenvalue weighted by Gasteiger charge is -2.14. The monoisotopic (exact) mass is 336 g/mol. The maximum Gasteiger partial charge on any atom is 0.287 e. The Morgan fingerprint density at radius 3 is 2.74 bits per heavy atom. The molecule has 23 heavy (non-hydrogen) atoms. The largest absolute Gasteiger partial charge is 0.492 e. The molecule has 2 aromatic rings. The van der Waals surface area contributed by atoms with E-state index in [0.717, 1.165) is 17.9 Å². The second kappa shape index (κ2) is 8.60. The van der Waals surface area contributed by atoms with E-state index in [2.05, 4.69) is 10.2 Å². The molecule has 1 amide bonds. The number of para-hydroxylation sites is 1. The minimum Gasteiger partial charge on any atom is -0.492 e. The smallest absolute Gasteiger partial charge is 0.287 e. The van der Waals surface area contributed by atoms with Crippen LogP contribution in [-0.2, 0) is 12.4 Å². The van der Waals surface area contributed by atoms with E-state index in [1.54, 1.807) is 12.1 Å². The summed E-state index contributed by atoms with van der Waals surface area (Å²) < 4.78 is 11.1. The zero-order valence-corrected chi connectivity index (χ0v) is 14.1. The van der Waals surface area contributed by atoms with Crippen molar-refractivity contribution in [3.05, 3.63) is 53.5 Å². The average molecular weight is 337 g/mol. The molecule has 124 valence electrons. The van der Waals surface area contributed by atoms with Crippen LogP contribution in [0.15, 0.2) is 40.8 Å². The highest BCUT2D eigenvalue weighted by Crippen LogP contribution is 2.18. The minimum atomic E-state index is -0.274. The Balaban J connectivity index is 1.93. The Hall–Kier alpha value is -1.98. The van der Waals surface area contributed by atoms with Crippen molar-refractivity contribution in [1.82, 2.24) is 10.2 Å². The van der Waals surface area contributed by atoms with Gasteiger partial charge in [-0.05, 0) is 32.3 Å². The number of carbonyl (C=O) groups excluding carboxylic acids is 1. The highest BCUT2D eigenvalue weighted by molar-refractivity contribution is 6.16. The van der Waals surface area contributed by atoms with Crippen LogP contribution in [0.2, 0.25) is 0 Å². The van der Waals surface area contributed by atoms with Crippen molar-refractivity contribution in [2.45, 2.75) is 12.4 Å². The molecule has 0 aliphatic heterocycles. The first-order chi connectivity index (χ1) is 11.1. The first-order valence-electron chi connectivity index (χ1n) is 7.38.